The Morgan fingerprint density at radius 1 is 1.21 bits per heavy atom. The van der Waals surface area contributed by atoms with E-state index in [9.17, 15) is 0 Å². The van der Waals surface area contributed by atoms with E-state index in [1.165, 1.54) is 11.9 Å². The highest BCUT2D eigenvalue weighted by Crippen LogP contribution is 2.24. The van der Waals surface area contributed by atoms with Crippen molar-refractivity contribution in [2.45, 2.75) is 26.8 Å². The zero-order chi connectivity index (χ0) is 13.7. The lowest BCUT2D eigenvalue weighted by atomic mass is 10.1. The van der Waals surface area contributed by atoms with Crippen LogP contribution in [0.1, 0.15) is 31.0 Å². The second-order valence-electron chi connectivity index (χ2n) is 4.36. The summed E-state index contributed by atoms with van der Waals surface area (Å²) in [5.41, 5.74) is 2.16. The summed E-state index contributed by atoms with van der Waals surface area (Å²) in [6, 6.07) is 10.5. The average Bonchev–Trinajstić information content (AvgIpc) is 2.44. The number of hydrogen-bond acceptors (Lipinski definition) is 4. The number of nitrogens with zero attached hydrogens (tertiary/aromatic N) is 2. The normalized spacial score (nSPS) is 11.9. The molecule has 1 N–H and O–H groups in total. The van der Waals surface area contributed by atoms with Gasteiger partial charge in [0.25, 0.3) is 0 Å². The van der Waals surface area contributed by atoms with E-state index in [2.05, 4.69) is 34.3 Å². The van der Waals surface area contributed by atoms with Crippen molar-refractivity contribution in [1.82, 2.24) is 9.97 Å². The summed E-state index contributed by atoms with van der Waals surface area (Å²) in [4.78, 5) is 8.42. The fourth-order valence-corrected chi connectivity index (χ4v) is 1.89. The number of hydrogen-bond donors (Lipinski definition) is 1. The van der Waals surface area contributed by atoms with E-state index in [0.29, 0.717) is 12.5 Å². The predicted octanol–water partition coefficient (Wildman–Crippen LogP) is 3.36. The van der Waals surface area contributed by atoms with Gasteiger partial charge in [-0.2, -0.15) is 0 Å². The van der Waals surface area contributed by atoms with Crippen LogP contribution in [0.5, 0.6) is 5.88 Å². The molecule has 100 valence electrons. The molecule has 0 radical (unpaired) electrons. The number of aromatic nitrogens is 2. The molecule has 0 spiro atoms. The Morgan fingerprint density at radius 3 is 2.63 bits per heavy atom. The molecule has 1 unspecified atom stereocenters. The molecular weight excluding hydrogens is 238 g/mol. The summed E-state index contributed by atoms with van der Waals surface area (Å²) in [5, 5.41) is 3.39. The lowest BCUT2D eigenvalue weighted by molar-refractivity contribution is 0.324. The van der Waals surface area contributed by atoms with Gasteiger partial charge in [-0.15, -0.1) is 0 Å². The van der Waals surface area contributed by atoms with Crippen molar-refractivity contribution < 1.29 is 4.74 Å². The summed E-state index contributed by atoms with van der Waals surface area (Å²) in [5.74, 6) is 1.45. The van der Waals surface area contributed by atoms with Crippen molar-refractivity contribution in [2.75, 3.05) is 11.9 Å². The Morgan fingerprint density at radius 2 is 1.95 bits per heavy atom. The van der Waals surface area contributed by atoms with E-state index in [1.54, 1.807) is 0 Å². The zero-order valence-electron chi connectivity index (χ0n) is 11.6. The van der Waals surface area contributed by atoms with Gasteiger partial charge in [0, 0.05) is 6.04 Å². The van der Waals surface area contributed by atoms with Gasteiger partial charge >= 0.3 is 0 Å². The van der Waals surface area contributed by atoms with Gasteiger partial charge in [0.1, 0.15) is 12.1 Å². The molecule has 0 saturated heterocycles. The third kappa shape index (κ3) is 3.22. The first kappa shape index (κ1) is 13.3. The van der Waals surface area contributed by atoms with E-state index < -0.39 is 0 Å². The van der Waals surface area contributed by atoms with Gasteiger partial charge in [-0.05, 0) is 26.3 Å². The van der Waals surface area contributed by atoms with E-state index in [4.69, 9.17) is 4.74 Å². The number of rotatable bonds is 5. The van der Waals surface area contributed by atoms with Gasteiger partial charge in [-0.3, -0.25) is 0 Å². The van der Waals surface area contributed by atoms with Crippen LogP contribution in [0.4, 0.5) is 5.82 Å². The maximum atomic E-state index is 5.47. The van der Waals surface area contributed by atoms with Crippen molar-refractivity contribution in [3.05, 3.63) is 47.8 Å². The van der Waals surface area contributed by atoms with Crippen molar-refractivity contribution in [3.8, 4) is 5.88 Å². The molecule has 1 heterocycles. The minimum absolute atomic E-state index is 0.185. The lowest BCUT2D eigenvalue weighted by Crippen LogP contribution is -2.10. The van der Waals surface area contributed by atoms with Crippen LogP contribution in [0.15, 0.2) is 36.7 Å². The summed E-state index contributed by atoms with van der Waals surface area (Å²) in [6.45, 7) is 6.62. The highest BCUT2D eigenvalue weighted by molar-refractivity contribution is 5.49. The quantitative estimate of drug-likeness (QED) is 0.892. The summed E-state index contributed by atoms with van der Waals surface area (Å²) in [7, 11) is 0. The summed E-state index contributed by atoms with van der Waals surface area (Å²) in [6.07, 6.45) is 1.53. The van der Waals surface area contributed by atoms with Crippen LogP contribution in [0.2, 0.25) is 0 Å². The Balaban J connectivity index is 2.17. The maximum absolute atomic E-state index is 5.47. The van der Waals surface area contributed by atoms with Crippen LogP contribution >= 0.6 is 0 Å². The SMILES string of the molecule is CCOc1ncnc(NC(C)c2ccccc2)c1C. The molecular formula is C15H19N3O. The molecule has 1 aromatic carbocycles. The Bertz CT molecular complexity index is 528. The van der Waals surface area contributed by atoms with Crippen LogP contribution in [0.25, 0.3) is 0 Å². The molecule has 0 aliphatic heterocycles. The third-order valence-electron chi connectivity index (χ3n) is 2.97. The van der Waals surface area contributed by atoms with Gasteiger partial charge in [-0.25, -0.2) is 9.97 Å². The molecule has 4 heteroatoms. The molecule has 4 nitrogen and oxygen atoms in total. The largest absolute Gasteiger partial charge is 0.478 e. The Labute approximate surface area is 113 Å². The number of ether oxygens (including phenoxy) is 1. The highest BCUT2D eigenvalue weighted by Gasteiger charge is 2.11. The lowest BCUT2D eigenvalue weighted by Gasteiger charge is -2.17. The van der Waals surface area contributed by atoms with E-state index in [-0.39, 0.29) is 6.04 Å². The van der Waals surface area contributed by atoms with E-state index >= 15 is 0 Å². The number of nitrogens with one attached hydrogen (secondary N) is 1. The monoisotopic (exact) mass is 257 g/mol. The maximum Gasteiger partial charge on any atom is 0.221 e. The highest BCUT2D eigenvalue weighted by atomic mass is 16.5. The third-order valence-corrected chi connectivity index (χ3v) is 2.97. The average molecular weight is 257 g/mol. The van der Waals surface area contributed by atoms with Gasteiger partial charge in [0.05, 0.1) is 12.2 Å². The first-order valence-corrected chi connectivity index (χ1v) is 6.48. The first-order chi connectivity index (χ1) is 9.22. The smallest absolute Gasteiger partial charge is 0.221 e. The molecule has 0 fully saturated rings. The van der Waals surface area contributed by atoms with Crippen molar-refractivity contribution in [1.29, 1.82) is 0 Å². The van der Waals surface area contributed by atoms with Gasteiger partial charge in [-0.1, -0.05) is 30.3 Å². The Hall–Kier alpha value is -2.10. The topological polar surface area (TPSA) is 47.0 Å². The molecule has 0 aliphatic carbocycles. The van der Waals surface area contributed by atoms with Crippen LogP contribution in [-0.4, -0.2) is 16.6 Å². The fourth-order valence-electron chi connectivity index (χ4n) is 1.89. The standard InChI is InChI=1S/C15H19N3O/c1-4-19-15-11(2)14(16-10-17-15)18-12(3)13-8-6-5-7-9-13/h5-10,12H,4H2,1-3H3,(H,16,17,18). The second kappa shape index (κ2) is 6.18. The molecule has 19 heavy (non-hydrogen) atoms. The molecule has 0 saturated carbocycles. The van der Waals surface area contributed by atoms with Crippen LogP contribution in [-0.2, 0) is 0 Å². The van der Waals surface area contributed by atoms with Crippen molar-refractivity contribution >= 4 is 5.82 Å². The minimum Gasteiger partial charge on any atom is -0.478 e. The fraction of sp³-hybridized carbons (Fsp3) is 0.333. The first-order valence-electron chi connectivity index (χ1n) is 6.48. The van der Waals surface area contributed by atoms with Gasteiger partial charge < -0.3 is 10.1 Å². The second-order valence-corrected chi connectivity index (χ2v) is 4.36. The van der Waals surface area contributed by atoms with Gasteiger partial charge in [0.2, 0.25) is 5.88 Å². The molecule has 0 bridgehead atoms. The minimum atomic E-state index is 0.185. The molecule has 2 rings (SSSR count). The van der Waals surface area contributed by atoms with E-state index in [0.717, 1.165) is 11.4 Å². The van der Waals surface area contributed by atoms with Crippen LogP contribution in [0.3, 0.4) is 0 Å². The Kier molecular flexibility index (Phi) is 4.34. The van der Waals surface area contributed by atoms with Gasteiger partial charge in [0.15, 0.2) is 0 Å². The zero-order valence-corrected chi connectivity index (χ0v) is 11.6. The summed E-state index contributed by atoms with van der Waals surface area (Å²) < 4.78 is 5.47. The molecule has 0 amide bonds. The van der Waals surface area contributed by atoms with Crippen molar-refractivity contribution in [2.24, 2.45) is 0 Å². The number of anilines is 1. The van der Waals surface area contributed by atoms with Crippen molar-refractivity contribution in [3.63, 3.8) is 0 Å². The molecule has 0 aliphatic rings. The molecule has 1 aromatic heterocycles. The molecule has 2 aromatic rings. The van der Waals surface area contributed by atoms with Crippen LogP contribution in [0, 0.1) is 6.92 Å². The molecule has 1 atom stereocenters. The summed E-state index contributed by atoms with van der Waals surface area (Å²) >= 11 is 0. The van der Waals surface area contributed by atoms with Crippen LogP contribution < -0.4 is 10.1 Å². The predicted molar refractivity (Wildman–Crippen MR) is 76.4 cm³/mol. The van der Waals surface area contributed by atoms with E-state index in [1.807, 2.05) is 32.0 Å². The number of benzene rings is 1.